The summed E-state index contributed by atoms with van der Waals surface area (Å²) in [7, 11) is 0. The molecule has 0 bridgehead atoms. The van der Waals surface area contributed by atoms with Gasteiger partial charge in [-0.1, -0.05) is 56.2 Å². The van der Waals surface area contributed by atoms with Gasteiger partial charge in [0.1, 0.15) is 5.75 Å². The highest BCUT2D eigenvalue weighted by atomic mass is 19.4. The van der Waals surface area contributed by atoms with Crippen LogP contribution in [0.3, 0.4) is 0 Å². The molecule has 0 radical (unpaired) electrons. The second-order valence-electron chi connectivity index (χ2n) is 8.11. The van der Waals surface area contributed by atoms with Crippen molar-refractivity contribution in [1.82, 2.24) is 0 Å². The van der Waals surface area contributed by atoms with Crippen LogP contribution in [0.15, 0.2) is 72.8 Å². The molecular weight excluding hydrogens is 435 g/mol. The standard InChI is InChI=1S/C27H27F5O/c1-2-3-4-5-20-10-16-24(17-11-20)27(31,32)33-25-18-12-22(13-19-25)7-6-21-8-14-23(15-9-21)26(28,29)30/h8-19H,2-7H2,1H3. The summed E-state index contributed by atoms with van der Waals surface area (Å²) >= 11 is 0. The number of aryl methyl sites for hydroxylation is 3. The summed E-state index contributed by atoms with van der Waals surface area (Å²) in [6.07, 6.45) is -2.57. The summed E-state index contributed by atoms with van der Waals surface area (Å²) in [5.74, 6) is 0.0466. The van der Waals surface area contributed by atoms with E-state index < -0.39 is 17.8 Å². The fourth-order valence-electron chi connectivity index (χ4n) is 3.52. The maximum atomic E-state index is 14.6. The molecule has 0 saturated carbocycles. The molecule has 0 unspecified atom stereocenters. The zero-order valence-electron chi connectivity index (χ0n) is 18.5. The molecule has 0 aliphatic heterocycles. The lowest BCUT2D eigenvalue weighted by atomic mass is 10.0. The van der Waals surface area contributed by atoms with Gasteiger partial charge in [-0.15, -0.1) is 0 Å². The third kappa shape index (κ3) is 7.31. The smallest absolute Gasteiger partial charge is 0.426 e. The Kier molecular flexibility index (Phi) is 8.11. The molecule has 0 amide bonds. The molecule has 0 heterocycles. The van der Waals surface area contributed by atoms with Crippen LogP contribution >= 0.6 is 0 Å². The summed E-state index contributed by atoms with van der Waals surface area (Å²) in [6.45, 7) is 2.12. The van der Waals surface area contributed by atoms with Crippen LogP contribution in [-0.2, 0) is 31.5 Å². The first kappa shape index (κ1) is 24.7. The number of rotatable bonds is 10. The average Bonchev–Trinajstić information content (AvgIpc) is 2.79. The van der Waals surface area contributed by atoms with Gasteiger partial charge in [0.15, 0.2) is 0 Å². The Morgan fingerprint density at radius 3 is 1.52 bits per heavy atom. The van der Waals surface area contributed by atoms with Gasteiger partial charge in [0.25, 0.3) is 0 Å². The topological polar surface area (TPSA) is 9.23 Å². The number of ether oxygens (including phenoxy) is 1. The Balaban J connectivity index is 1.55. The normalized spacial score (nSPS) is 12.1. The molecule has 0 atom stereocenters. The van der Waals surface area contributed by atoms with Crippen LogP contribution < -0.4 is 4.74 Å². The first-order valence-electron chi connectivity index (χ1n) is 11.1. The van der Waals surface area contributed by atoms with Gasteiger partial charge in [0, 0.05) is 0 Å². The molecule has 0 N–H and O–H groups in total. The van der Waals surface area contributed by atoms with Crippen molar-refractivity contribution in [3.63, 3.8) is 0 Å². The minimum atomic E-state index is -4.35. The zero-order valence-corrected chi connectivity index (χ0v) is 18.5. The molecule has 0 fully saturated rings. The van der Waals surface area contributed by atoms with Crippen LogP contribution in [0, 0.1) is 0 Å². The molecule has 0 aliphatic rings. The monoisotopic (exact) mass is 462 g/mol. The molecule has 6 heteroatoms. The molecular formula is C27H27F5O. The van der Waals surface area contributed by atoms with E-state index in [9.17, 15) is 22.0 Å². The SMILES string of the molecule is CCCCCc1ccc(C(F)(F)Oc2ccc(CCc3ccc(C(F)(F)F)cc3)cc2)cc1. The lowest BCUT2D eigenvalue weighted by Crippen LogP contribution is -2.21. The van der Waals surface area contributed by atoms with Gasteiger partial charge in [-0.05, 0) is 78.8 Å². The van der Waals surface area contributed by atoms with Crippen LogP contribution in [0.2, 0.25) is 0 Å². The van der Waals surface area contributed by atoms with Crippen LogP contribution in [0.25, 0.3) is 0 Å². The lowest BCUT2D eigenvalue weighted by molar-refractivity contribution is -0.185. The van der Waals surface area contributed by atoms with E-state index in [0.717, 1.165) is 54.5 Å². The van der Waals surface area contributed by atoms with Gasteiger partial charge in [-0.25, -0.2) is 0 Å². The van der Waals surface area contributed by atoms with E-state index in [0.29, 0.717) is 12.8 Å². The Morgan fingerprint density at radius 1 is 0.576 bits per heavy atom. The summed E-state index contributed by atoms with van der Waals surface area (Å²) in [5.41, 5.74) is 1.79. The summed E-state index contributed by atoms with van der Waals surface area (Å²) in [6, 6.07) is 17.6. The van der Waals surface area contributed by atoms with E-state index in [-0.39, 0.29) is 11.3 Å². The molecule has 3 aromatic rings. The van der Waals surface area contributed by atoms with Crippen LogP contribution in [0.4, 0.5) is 22.0 Å². The summed E-state index contributed by atoms with van der Waals surface area (Å²) in [5, 5.41) is 0. The molecule has 0 aromatic heterocycles. The average molecular weight is 463 g/mol. The minimum Gasteiger partial charge on any atom is -0.429 e. The minimum absolute atomic E-state index is 0.0466. The maximum Gasteiger partial charge on any atom is 0.426 e. The second kappa shape index (κ2) is 10.8. The van der Waals surface area contributed by atoms with E-state index in [4.69, 9.17) is 4.74 Å². The van der Waals surface area contributed by atoms with Gasteiger partial charge >= 0.3 is 12.3 Å². The first-order chi connectivity index (χ1) is 15.7. The van der Waals surface area contributed by atoms with E-state index >= 15 is 0 Å². The van der Waals surface area contributed by atoms with E-state index in [2.05, 4.69) is 6.92 Å². The molecule has 1 nitrogen and oxygen atoms in total. The number of halogens is 5. The highest BCUT2D eigenvalue weighted by molar-refractivity contribution is 5.31. The Labute approximate surface area is 191 Å². The van der Waals surface area contributed by atoms with Gasteiger partial charge in [-0.3, -0.25) is 0 Å². The molecule has 33 heavy (non-hydrogen) atoms. The van der Waals surface area contributed by atoms with Crippen molar-refractivity contribution in [2.45, 2.75) is 57.7 Å². The van der Waals surface area contributed by atoms with Gasteiger partial charge in [0.2, 0.25) is 0 Å². The van der Waals surface area contributed by atoms with E-state index in [1.54, 1.807) is 24.3 Å². The van der Waals surface area contributed by atoms with Gasteiger partial charge < -0.3 is 4.74 Å². The number of hydrogen-bond acceptors (Lipinski definition) is 1. The highest BCUT2D eigenvalue weighted by Crippen LogP contribution is 2.32. The quantitative estimate of drug-likeness (QED) is 0.217. The van der Waals surface area contributed by atoms with Crippen LogP contribution in [0.1, 0.15) is 54.0 Å². The molecule has 3 rings (SSSR count). The molecule has 3 aromatic carbocycles. The molecule has 0 aliphatic carbocycles. The van der Waals surface area contributed by atoms with E-state index in [1.807, 2.05) is 0 Å². The summed E-state index contributed by atoms with van der Waals surface area (Å²) in [4.78, 5) is 0. The Bertz CT molecular complexity index is 991. The third-order valence-corrected chi connectivity index (χ3v) is 5.51. The van der Waals surface area contributed by atoms with E-state index in [1.165, 1.54) is 36.4 Å². The highest BCUT2D eigenvalue weighted by Gasteiger charge is 2.34. The van der Waals surface area contributed by atoms with Crippen molar-refractivity contribution in [3.8, 4) is 5.75 Å². The van der Waals surface area contributed by atoms with Crippen molar-refractivity contribution in [3.05, 3.63) is 101 Å². The number of hydrogen-bond donors (Lipinski definition) is 0. The lowest BCUT2D eigenvalue weighted by Gasteiger charge is -2.19. The van der Waals surface area contributed by atoms with Crippen molar-refractivity contribution >= 4 is 0 Å². The molecule has 0 saturated heterocycles. The summed E-state index contributed by atoms with van der Waals surface area (Å²) < 4.78 is 72.0. The van der Waals surface area contributed by atoms with Crippen molar-refractivity contribution < 1.29 is 26.7 Å². The van der Waals surface area contributed by atoms with Crippen LogP contribution in [0.5, 0.6) is 5.75 Å². The molecule has 0 spiro atoms. The van der Waals surface area contributed by atoms with Crippen LogP contribution in [-0.4, -0.2) is 0 Å². The largest absolute Gasteiger partial charge is 0.429 e. The third-order valence-electron chi connectivity index (χ3n) is 5.51. The first-order valence-corrected chi connectivity index (χ1v) is 11.1. The maximum absolute atomic E-state index is 14.6. The predicted molar refractivity (Wildman–Crippen MR) is 119 cm³/mol. The molecule has 176 valence electrons. The predicted octanol–water partition coefficient (Wildman–Crippen LogP) is 8.35. The number of unbranched alkanes of at least 4 members (excludes halogenated alkanes) is 2. The second-order valence-corrected chi connectivity index (χ2v) is 8.11. The van der Waals surface area contributed by atoms with Gasteiger partial charge in [0.05, 0.1) is 11.1 Å². The fourth-order valence-corrected chi connectivity index (χ4v) is 3.52. The zero-order chi connectivity index (χ0) is 23.9. The number of benzene rings is 3. The van der Waals surface area contributed by atoms with Gasteiger partial charge in [-0.2, -0.15) is 22.0 Å². The van der Waals surface area contributed by atoms with Crippen molar-refractivity contribution in [2.24, 2.45) is 0 Å². The Morgan fingerprint density at radius 2 is 1.03 bits per heavy atom. The Hall–Kier alpha value is -2.89. The number of alkyl halides is 5. The van der Waals surface area contributed by atoms with Crippen molar-refractivity contribution in [1.29, 1.82) is 0 Å². The van der Waals surface area contributed by atoms with Crippen molar-refractivity contribution in [2.75, 3.05) is 0 Å². The fraction of sp³-hybridized carbons (Fsp3) is 0.333.